The number of nitrogens with one attached hydrogen (secondary N) is 1. The molecule has 0 aliphatic carbocycles. The third-order valence-corrected chi connectivity index (χ3v) is 3.40. The van der Waals surface area contributed by atoms with Gasteiger partial charge in [-0.25, -0.2) is 0 Å². The molecule has 0 aromatic heterocycles. The minimum absolute atomic E-state index is 0.00668. The Morgan fingerprint density at radius 2 is 1.94 bits per heavy atom. The van der Waals surface area contributed by atoms with E-state index >= 15 is 0 Å². The zero-order valence-corrected chi connectivity index (χ0v) is 9.74. The van der Waals surface area contributed by atoms with E-state index < -0.39 is 0 Å². The van der Waals surface area contributed by atoms with E-state index in [2.05, 4.69) is 17.1 Å². The molecule has 2 saturated heterocycles. The summed E-state index contributed by atoms with van der Waals surface area (Å²) in [5, 5.41) is 3.32. The number of nitrogens with zero attached hydrogens (tertiary/aromatic N) is 2. The second kappa shape index (κ2) is 4.93. The highest BCUT2D eigenvalue weighted by Gasteiger charge is 2.29. The Morgan fingerprint density at radius 3 is 2.56 bits per heavy atom. The van der Waals surface area contributed by atoms with Gasteiger partial charge in [-0.1, -0.05) is 0 Å². The first-order valence-corrected chi connectivity index (χ1v) is 5.96. The van der Waals surface area contributed by atoms with Crippen LogP contribution in [0.15, 0.2) is 0 Å². The summed E-state index contributed by atoms with van der Waals surface area (Å²) in [7, 11) is 0. The Balaban J connectivity index is 1.82. The Hall–Kier alpha value is -0.940. The molecule has 0 bridgehead atoms. The van der Waals surface area contributed by atoms with Crippen LogP contribution in [0.5, 0.6) is 0 Å². The maximum atomic E-state index is 11.4. The number of rotatable bonds is 3. The number of hydrogen-bond acceptors (Lipinski definition) is 4. The lowest BCUT2D eigenvalue weighted by Gasteiger charge is -2.34. The molecular weight excluding hydrogens is 206 g/mol. The van der Waals surface area contributed by atoms with E-state index in [9.17, 15) is 9.59 Å². The summed E-state index contributed by atoms with van der Waals surface area (Å²) in [5.41, 5.74) is 0. The number of carbonyl (C=O) groups excluding carboxylic acids is 2. The lowest BCUT2D eigenvalue weighted by Crippen LogP contribution is -2.52. The van der Waals surface area contributed by atoms with Gasteiger partial charge in [-0.05, 0) is 6.92 Å². The smallest absolute Gasteiger partial charge is 0.229 e. The molecule has 5 heteroatoms. The summed E-state index contributed by atoms with van der Waals surface area (Å²) in [6.07, 6.45) is 0.798. The van der Waals surface area contributed by atoms with Crippen molar-refractivity contribution in [3.63, 3.8) is 0 Å². The Morgan fingerprint density at radius 1 is 1.25 bits per heavy atom. The maximum Gasteiger partial charge on any atom is 0.229 e. The summed E-state index contributed by atoms with van der Waals surface area (Å²) >= 11 is 0. The van der Waals surface area contributed by atoms with E-state index in [0.29, 0.717) is 25.4 Å². The second-order valence-electron chi connectivity index (χ2n) is 4.53. The van der Waals surface area contributed by atoms with Crippen LogP contribution in [0, 0.1) is 0 Å². The number of amides is 2. The largest absolute Gasteiger partial charge is 0.314 e. The lowest BCUT2D eigenvalue weighted by molar-refractivity contribution is -0.138. The molecule has 2 aliphatic heterocycles. The average Bonchev–Trinajstić information content (AvgIpc) is 2.58. The van der Waals surface area contributed by atoms with Crippen LogP contribution in [-0.2, 0) is 9.59 Å². The lowest BCUT2D eigenvalue weighted by atomic mass is 10.2. The van der Waals surface area contributed by atoms with Crippen molar-refractivity contribution < 1.29 is 9.59 Å². The SMILES string of the molecule is C[C@H]1CNCCN1CCN1C(=O)CCC1=O. The third kappa shape index (κ3) is 2.41. The molecule has 2 aliphatic rings. The summed E-state index contributed by atoms with van der Waals surface area (Å²) in [6.45, 7) is 6.51. The van der Waals surface area contributed by atoms with E-state index in [0.717, 1.165) is 26.2 Å². The Bertz CT molecular complexity index is 277. The molecule has 0 saturated carbocycles. The second-order valence-corrected chi connectivity index (χ2v) is 4.53. The van der Waals surface area contributed by atoms with Crippen molar-refractivity contribution in [3.05, 3.63) is 0 Å². The van der Waals surface area contributed by atoms with E-state index in [1.54, 1.807) is 0 Å². The van der Waals surface area contributed by atoms with E-state index in [1.165, 1.54) is 4.90 Å². The molecule has 16 heavy (non-hydrogen) atoms. The molecule has 0 unspecified atom stereocenters. The standard InChI is InChI=1S/C11H19N3O2/c1-9-8-12-4-5-13(9)6-7-14-10(15)2-3-11(14)16/h9,12H,2-8H2,1H3/t9-/m0/s1. The predicted octanol–water partition coefficient (Wildman–Crippen LogP) is -0.571. The minimum atomic E-state index is -0.00668. The topological polar surface area (TPSA) is 52.6 Å². The first-order chi connectivity index (χ1) is 7.68. The Labute approximate surface area is 95.8 Å². The van der Waals surface area contributed by atoms with Gasteiger partial charge < -0.3 is 5.32 Å². The van der Waals surface area contributed by atoms with Gasteiger partial charge in [0.05, 0.1) is 0 Å². The first-order valence-electron chi connectivity index (χ1n) is 5.96. The van der Waals surface area contributed by atoms with Gasteiger partial charge in [0.1, 0.15) is 0 Å². The molecule has 2 heterocycles. The number of imide groups is 1. The van der Waals surface area contributed by atoms with Crippen LogP contribution in [0.25, 0.3) is 0 Å². The highest BCUT2D eigenvalue weighted by molar-refractivity contribution is 6.01. The zero-order valence-electron chi connectivity index (χ0n) is 9.74. The molecule has 2 rings (SSSR count). The molecule has 2 fully saturated rings. The monoisotopic (exact) mass is 225 g/mol. The van der Waals surface area contributed by atoms with Gasteiger partial charge in [0.15, 0.2) is 0 Å². The molecule has 0 aromatic rings. The fourth-order valence-corrected chi connectivity index (χ4v) is 2.32. The van der Waals surface area contributed by atoms with Gasteiger partial charge in [0, 0.05) is 51.6 Å². The van der Waals surface area contributed by atoms with Crippen molar-refractivity contribution in [2.45, 2.75) is 25.8 Å². The van der Waals surface area contributed by atoms with Crippen LogP contribution >= 0.6 is 0 Å². The highest BCUT2D eigenvalue weighted by atomic mass is 16.2. The van der Waals surface area contributed by atoms with Gasteiger partial charge in [-0.3, -0.25) is 19.4 Å². The van der Waals surface area contributed by atoms with Crippen molar-refractivity contribution in [1.29, 1.82) is 0 Å². The van der Waals surface area contributed by atoms with Crippen LogP contribution in [-0.4, -0.2) is 60.4 Å². The first kappa shape index (κ1) is 11.5. The fraction of sp³-hybridized carbons (Fsp3) is 0.818. The summed E-state index contributed by atoms with van der Waals surface area (Å²) in [4.78, 5) is 26.6. The van der Waals surface area contributed by atoms with Crippen molar-refractivity contribution in [2.24, 2.45) is 0 Å². The average molecular weight is 225 g/mol. The quantitative estimate of drug-likeness (QED) is 0.654. The van der Waals surface area contributed by atoms with Crippen molar-refractivity contribution >= 4 is 11.8 Å². The molecule has 90 valence electrons. The number of piperazine rings is 1. The molecular formula is C11H19N3O2. The van der Waals surface area contributed by atoms with Crippen molar-refractivity contribution in [3.8, 4) is 0 Å². The molecule has 0 radical (unpaired) electrons. The normalized spacial score (nSPS) is 27.8. The van der Waals surface area contributed by atoms with Crippen molar-refractivity contribution in [2.75, 3.05) is 32.7 Å². The fourth-order valence-electron chi connectivity index (χ4n) is 2.32. The molecule has 5 nitrogen and oxygen atoms in total. The van der Waals surface area contributed by atoms with E-state index in [1.807, 2.05) is 0 Å². The third-order valence-electron chi connectivity index (χ3n) is 3.40. The predicted molar refractivity (Wildman–Crippen MR) is 59.9 cm³/mol. The summed E-state index contributed by atoms with van der Waals surface area (Å²) < 4.78 is 0. The van der Waals surface area contributed by atoms with Crippen LogP contribution < -0.4 is 5.32 Å². The minimum Gasteiger partial charge on any atom is -0.314 e. The van der Waals surface area contributed by atoms with E-state index in [4.69, 9.17) is 0 Å². The molecule has 1 atom stereocenters. The van der Waals surface area contributed by atoms with Crippen LogP contribution in [0.1, 0.15) is 19.8 Å². The summed E-state index contributed by atoms with van der Waals surface area (Å²) in [6, 6.07) is 0.488. The van der Waals surface area contributed by atoms with Crippen molar-refractivity contribution in [1.82, 2.24) is 15.1 Å². The van der Waals surface area contributed by atoms with Gasteiger partial charge in [-0.2, -0.15) is 0 Å². The van der Waals surface area contributed by atoms with E-state index in [-0.39, 0.29) is 11.8 Å². The molecule has 1 N–H and O–H groups in total. The van der Waals surface area contributed by atoms with Crippen LogP contribution in [0.2, 0.25) is 0 Å². The maximum absolute atomic E-state index is 11.4. The molecule has 0 spiro atoms. The zero-order chi connectivity index (χ0) is 11.5. The van der Waals surface area contributed by atoms with Crippen LogP contribution in [0.4, 0.5) is 0 Å². The number of likely N-dealkylation sites (tertiary alicyclic amines) is 1. The van der Waals surface area contributed by atoms with Gasteiger partial charge in [-0.15, -0.1) is 0 Å². The van der Waals surface area contributed by atoms with Gasteiger partial charge >= 0.3 is 0 Å². The van der Waals surface area contributed by atoms with Gasteiger partial charge in [0.2, 0.25) is 11.8 Å². The number of hydrogen-bond donors (Lipinski definition) is 1. The molecule has 2 amide bonds. The Kier molecular flexibility index (Phi) is 3.56. The highest BCUT2D eigenvalue weighted by Crippen LogP contribution is 2.12. The summed E-state index contributed by atoms with van der Waals surface area (Å²) in [5.74, 6) is -0.0134. The molecule has 0 aromatic carbocycles. The number of carbonyl (C=O) groups is 2. The van der Waals surface area contributed by atoms with Crippen LogP contribution in [0.3, 0.4) is 0 Å². The van der Waals surface area contributed by atoms with Gasteiger partial charge in [0.25, 0.3) is 0 Å².